The molecule has 0 saturated carbocycles. The molecule has 1 aromatic rings. The molecule has 2 rings (SSSR count). The highest BCUT2D eigenvalue weighted by atomic mass is 32.1. The van der Waals surface area contributed by atoms with Gasteiger partial charge in [-0.15, -0.1) is 0 Å². The first kappa shape index (κ1) is 17.6. The molecule has 1 aliphatic heterocycles. The Balaban J connectivity index is 2.36. The molecule has 0 bridgehead atoms. The lowest BCUT2D eigenvalue weighted by Crippen LogP contribution is -2.44. The number of nitrogens with zero attached hydrogens (tertiary/aromatic N) is 3. The minimum Gasteiger partial charge on any atom is -0.375 e. The molecule has 24 heavy (non-hydrogen) atoms. The highest BCUT2D eigenvalue weighted by Gasteiger charge is 2.39. The van der Waals surface area contributed by atoms with Gasteiger partial charge in [-0.05, 0) is 43.5 Å². The van der Waals surface area contributed by atoms with Crippen LogP contribution in [0.4, 0.5) is 0 Å². The Bertz CT molecular complexity index is 754. The Morgan fingerprint density at radius 3 is 2.21 bits per heavy atom. The average molecular weight is 362 g/mol. The molecule has 1 atom stereocenters. The van der Waals surface area contributed by atoms with Crippen LogP contribution in [0.2, 0.25) is 0 Å². The Morgan fingerprint density at radius 1 is 1.21 bits per heavy atom. The Morgan fingerprint density at radius 2 is 1.75 bits per heavy atom. The zero-order valence-electron chi connectivity index (χ0n) is 12.6. The number of nitrogens with one attached hydrogen (secondary N) is 1. The molecule has 0 aromatic heterocycles. The Kier molecular flexibility index (Phi) is 5.31. The van der Waals surface area contributed by atoms with E-state index in [-0.39, 0.29) is 15.9 Å². The van der Waals surface area contributed by atoms with Crippen molar-refractivity contribution in [2.75, 3.05) is 0 Å². The standard InChI is InChI=1S/C14H14N6O2S2/c1-7(10(6-17-13(15)23)18-19-14(16)24)20-11(21)8-4-2-3-5-9(8)12(20)22/h2-7H,1H3,(H2,15,23)(H3,16,19,24)/b17-6+,18-10+. The van der Waals surface area contributed by atoms with Crippen LogP contribution < -0.4 is 16.9 Å². The van der Waals surface area contributed by atoms with Crippen LogP contribution in [0.5, 0.6) is 0 Å². The predicted octanol–water partition coefficient (Wildman–Crippen LogP) is 0.175. The van der Waals surface area contributed by atoms with Crippen LogP contribution in [0.15, 0.2) is 34.4 Å². The third kappa shape index (κ3) is 3.60. The molecule has 1 unspecified atom stereocenters. The van der Waals surface area contributed by atoms with E-state index >= 15 is 0 Å². The summed E-state index contributed by atoms with van der Waals surface area (Å²) in [7, 11) is 0. The maximum Gasteiger partial charge on any atom is 0.262 e. The molecule has 0 saturated heterocycles. The molecule has 0 fully saturated rings. The summed E-state index contributed by atoms with van der Waals surface area (Å²) in [6.45, 7) is 1.62. The second kappa shape index (κ2) is 7.23. The van der Waals surface area contributed by atoms with Crippen LogP contribution in [-0.4, -0.2) is 44.9 Å². The maximum absolute atomic E-state index is 12.5. The molecule has 8 nitrogen and oxygen atoms in total. The summed E-state index contributed by atoms with van der Waals surface area (Å²) in [5.41, 5.74) is 14.0. The smallest absolute Gasteiger partial charge is 0.262 e. The van der Waals surface area contributed by atoms with Gasteiger partial charge in [0, 0.05) is 0 Å². The van der Waals surface area contributed by atoms with Gasteiger partial charge in [0.05, 0.1) is 23.4 Å². The summed E-state index contributed by atoms with van der Waals surface area (Å²) in [5, 5.41) is 3.77. The van der Waals surface area contributed by atoms with Crippen molar-refractivity contribution in [1.82, 2.24) is 10.3 Å². The van der Waals surface area contributed by atoms with E-state index in [0.29, 0.717) is 11.1 Å². The molecule has 0 radical (unpaired) electrons. The van der Waals surface area contributed by atoms with Crippen molar-refractivity contribution in [3.05, 3.63) is 35.4 Å². The third-order valence-corrected chi connectivity index (χ3v) is 3.46. The lowest BCUT2D eigenvalue weighted by Gasteiger charge is -2.22. The third-order valence-electron chi connectivity index (χ3n) is 3.26. The van der Waals surface area contributed by atoms with Crippen LogP contribution in [0.3, 0.4) is 0 Å². The first-order valence-electron chi connectivity index (χ1n) is 6.76. The topological polar surface area (TPSA) is 126 Å². The monoisotopic (exact) mass is 362 g/mol. The van der Waals surface area contributed by atoms with Gasteiger partial charge < -0.3 is 11.5 Å². The van der Waals surface area contributed by atoms with E-state index in [9.17, 15) is 9.59 Å². The van der Waals surface area contributed by atoms with Crippen LogP contribution in [0, 0.1) is 0 Å². The van der Waals surface area contributed by atoms with E-state index in [0.717, 1.165) is 4.90 Å². The molecule has 1 aromatic carbocycles. The molecule has 124 valence electrons. The summed E-state index contributed by atoms with van der Waals surface area (Å²) in [6, 6.07) is 5.83. The van der Waals surface area contributed by atoms with Crippen LogP contribution >= 0.6 is 24.4 Å². The molecule has 1 heterocycles. The summed E-state index contributed by atoms with van der Waals surface area (Å²) < 4.78 is 0. The highest BCUT2D eigenvalue weighted by molar-refractivity contribution is 7.80. The number of aliphatic imine (C=N–C) groups is 1. The van der Waals surface area contributed by atoms with Crippen LogP contribution in [0.25, 0.3) is 0 Å². The Hall–Kier alpha value is -2.72. The number of hydrazone groups is 1. The maximum atomic E-state index is 12.5. The second-order valence-corrected chi connectivity index (χ2v) is 5.67. The fraction of sp³-hybridized carbons (Fsp3) is 0.143. The van der Waals surface area contributed by atoms with Gasteiger partial charge in [0.1, 0.15) is 5.71 Å². The van der Waals surface area contributed by atoms with Crippen molar-refractivity contribution in [3.8, 4) is 0 Å². The predicted molar refractivity (Wildman–Crippen MR) is 99.0 cm³/mol. The number of carbonyl (C=O) groups excluding carboxylic acids is 2. The lowest BCUT2D eigenvalue weighted by molar-refractivity contribution is 0.0636. The zero-order valence-corrected chi connectivity index (χ0v) is 14.2. The van der Waals surface area contributed by atoms with E-state index in [1.807, 2.05) is 0 Å². The van der Waals surface area contributed by atoms with E-state index < -0.39 is 17.9 Å². The quantitative estimate of drug-likeness (QED) is 0.302. The van der Waals surface area contributed by atoms with Gasteiger partial charge in [-0.2, -0.15) is 5.10 Å². The number of fused-ring (bicyclic) bond motifs is 1. The van der Waals surface area contributed by atoms with Crippen molar-refractivity contribution in [2.24, 2.45) is 21.6 Å². The molecule has 2 amide bonds. The number of thiocarbonyl (C=S) groups is 2. The van der Waals surface area contributed by atoms with Crippen LogP contribution in [0.1, 0.15) is 27.6 Å². The number of imide groups is 1. The van der Waals surface area contributed by atoms with Crippen molar-refractivity contribution in [1.29, 1.82) is 0 Å². The highest BCUT2D eigenvalue weighted by Crippen LogP contribution is 2.24. The Labute approximate surface area is 148 Å². The summed E-state index contributed by atoms with van der Waals surface area (Å²) >= 11 is 9.37. The van der Waals surface area contributed by atoms with Gasteiger partial charge in [-0.3, -0.25) is 19.9 Å². The van der Waals surface area contributed by atoms with Gasteiger partial charge >= 0.3 is 0 Å². The van der Waals surface area contributed by atoms with Crippen LogP contribution in [-0.2, 0) is 0 Å². The van der Waals surface area contributed by atoms with Gasteiger partial charge in [0.15, 0.2) is 10.2 Å². The van der Waals surface area contributed by atoms with E-state index in [4.69, 9.17) is 23.7 Å². The van der Waals surface area contributed by atoms with Gasteiger partial charge in [-0.25, -0.2) is 4.99 Å². The number of amides is 2. The molecular formula is C14H14N6O2S2. The van der Waals surface area contributed by atoms with Crippen molar-refractivity contribution in [3.63, 3.8) is 0 Å². The van der Waals surface area contributed by atoms with Crippen molar-refractivity contribution < 1.29 is 9.59 Å². The first-order valence-corrected chi connectivity index (χ1v) is 7.58. The van der Waals surface area contributed by atoms with E-state index in [1.165, 1.54) is 6.21 Å². The molecule has 0 spiro atoms. The summed E-state index contributed by atoms with van der Waals surface area (Å²) in [6.07, 6.45) is 1.25. The number of hydrogen-bond donors (Lipinski definition) is 3. The number of nitrogens with two attached hydrogens (primary N) is 2. The zero-order chi connectivity index (χ0) is 17.9. The fourth-order valence-electron chi connectivity index (χ4n) is 2.17. The number of carbonyl (C=O) groups is 2. The minimum atomic E-state index is -0.739. The normalized spacial score (nSPS) is 15.5. The average Bonchev–Trinajstić information content (AvgIpc) is 2.78. The van der Waals surface area contributed by atoms with E-state index in [1.54, 1.807) is 31.2 Å². The number of hydrogen-bond acceptors (Lipinski definition) is 5. The SMILES string of the molecule is CC(C(/C=N/C(N)=S)=N/NC(N)=S)N1C(=O)c2ccccc2C1=O. The molecular weight excluding hydrogens is 348 g/mol. The fourth-order valence-corrected chi connectivity index (χ4v) is 2.27. The molecule has 1 aliphatic rings. The van der Waals surface area contributed by atoms with Gasteiger partial charge in [0.25, 0.3) is 11.8 Å². The number of rotatable bonds is 4. The van der Waals surface area contributed by atoms with Crippen molar-refractivity contribution >= 4 is 58.4 Å². The second-order valence-electron chi connectivity index (χ2n) is 4.81. The van der Waals surface area contributed by atoms with E-state index in [2.05, 4.69) is 27.7 Å². The molecule has 10 heteroatoms. The van der Waals surface area contributed by atoms with Gasteiger partial charge in [0.2, 0.25) is 0 Å². The minimum absolute atomic E-state index is 0.0780. The largest absolute Gasteiger partial charge is 0.375 e. The van der Waals surface area contributed by atoms with Crippen molar-refractivity contribution in [2.45, 2.75) is 13.0 Å². The number of benzene rings is 1. The summed E-state index contributed by atoms with van der Waals surface area (Å²) in [5.74, 6) is -0.843. The molecule has 0 aliphatic carbocycles. The first-order chi connectivity index (χ1) is 11.3. The summed E-state index contributed by atoms with van der Waals surface area (Å²) in [4.78, 5) is 29.9. The molecule has 5 N–H and O–H groups in total. The lowest BCUT2D eigenvalue weighted by atomic mass is 10.1. The van der Waals surface area contributed by atoms with Gasteiger partial charge in [-0.1, -0.05) is 12.1 Å².